The lowest BCUT2D eigenvalue weighted by Gasteiger charge is -2.34. The monoisotopic (exact) mass is 343 g/mol. The third-order valence-electron chi connectivity index (χ3n) is 4.94. The fraction of sp³-hybridized carbons (Fsp3) is 0.550. The lowest BCUT2D eigenvalue weighted by Crippen LogP contribution is -2.48. The molecule has 0 aliphatic carbocycles. The molecule has 1 amide bonds. The van der Waals surface area contributed by atoms with Gasteiger partial charge in [-0.1, -0.05) is 42.5 Å². The molecule has 0 spiro atoms. The van der Waals surface area contributed by atoms with Gasteiger partial charge in [-0.05, 0) is 5.56 Å². The number of benzene rings is 1. The molecule has 5 heteroatoms. The van der Waals surface area contributed by atoms with Gasteiger partial charge in [0.15, 0.2) is 0 Å². The Morgan fingerprint density at radius 2 is 1.64 bits per heavy atom. The molecule has 2 aliphatic heterocycles. The molecule has 3 rings (SSSR count). The summed E-state index contributed by atoms with van der Waals surface area (Å²) in [6, 6.07) is 10.4. The third-order valence-corrected chi connectivity index (χ3v) is 4.94. The number of rotatable bonds is 6. The van der Waals surface area contributed by atoms with Crippen molar-refractivity contribution in [1.29, 1.82) is 0 Å². The van der Waals surface area contributed by atoms with Crippen molar-refractivity contribution < 1.29 is 9.53 Å². The van der Waals surface area contributed by atoms with E-state index in [1.54, 1.807) is 0 Å². The van der Waals surface area contributed by atoms with E-state index in [9.17, 15) is 4.79 Å². The molecule has 136 valence electrons. The van der Waals surface area contributed by atoms with Gasteiger partial charge in [-0.3, -0.25) is 9.69 Å². The Labute approximate surface area is 150 Å². The first-order valence-corrected chi connectivity index (χ1v) is 9.33. The lowest BCUT2D eigenvalue weighted by atomic mass is 10.2. The molecule has 2 saturated heterocycles. The van der Waals surface area contributed by atoms with Gasteiger partial charge in [0.05, 0.1) is 13.2 Å². The second-order valence-corrected chi connectivity index (χ2v) is 6.70. The minimum Gasteiger partial charge on any atom is -0.378 e. The molecule has 5 nitrogen and oxygen atoms in total. The number of carbonyl (C=O) groups is 1. The van der Waals surface area contributed by atoms with Crippen LogP contribution in [0.4, 0.5) is 0 Å². The van der Waals surface area contributed by atoms with Crippen LogP contribution in [0.3, 0.4) is 0 Å². The fourth-order valence-corrected chi connectivity index (χ4v) is 3.32. The second kappa shape index (κ2) is 9.70. The van der Waals surface area contributed by atoms with Crippen LogP contribution in [0.2, 0.25) is 0 Å². The van der Waals surface area contributed by atoms with Crippen molar-refractivity contribution in [3.05, 3.63) is 42.0 Å². The Bertz CT molecular complexity index is 547. The number of nitrogens with zero attached hydrogens (tertiary/aromatic N) is 3. The zero-order valence-electron chi connectivity index (χ0n) is 15.0. The van der Waals surface area contributed by atoms with E-state index in [1.165, 1.54) is 5.56 Å². The van der Waals surface area contributed by atoms with E-state index in [4.69, 9.17) is 4.74 Å². The second-order valence-electron chi connectivity index (χ2n) is 6.70. The number of piperazine rings is 1. The van der Waals surface area contributed by atoms with Gasteiger partial charge in [-0.25, -0.2) is 0 Å². The van der Waals surface area contributed by atoms with E-state index in [0.29, 0.717) is 19.6 Å². The summed E-state index contributed by atoms with van der Waals surface area (Å²) in [5, 5.41) is 0. The normalized spacial score (nSPS) is 20.2. The molecular formula is C20H29N3O2. The van der Waals surface area contributed by atoms with Gasteiger partial charge >= 0.3 is 0 Å². The molecule has 2 aliphatic rings. The maximum Gasteiger partial charge on any atom is 0.224 e. The van der Waals surface area contributed by atoms with E-state index in [2.05, 4.69) is 46.2 Å². The average Bonchev–Trinajstić information content (AvgIpc) is 2.68. The summed E-state index contributed by atoms with van der Waals surface area (Å²) >= 11 is 0. The molecule has 0 atom stereocenters. The highest BCUT2D eigenvalue weighted by atomic mass is 16.5. The molecular weight excluding hydrogens is 314 g/mol. The van der Waals surface area contributed by atoms with Crippen molar-refractivity contribution in [3.8, 4) is 0 Å². The van der Waals surface area contributed by atoms with Crippen LogP contribution in [0.5, 0.6) is 0 Å². The Kier molecular flexibility index (Phi) is 7.03. The van der Waals surface area contributed by atoms with E-state index in [0.717, 1.165) is 52.4 Å². The molecule has 1 aromatic carbocycles. The van der Waals surface area contributed by atoms with Gasteiger partial charge in [0.1, 0.15) is 0 Å². The summed E-state index contributed by atoms with van der Waals surface area (Å²) in [7, 11) is 0. The zero-order valence-corrected chi connectivity index (χ0v) is 15.0. The van der Waals surface area contributed by atoms with Crippen LogP contribution in [-0.4, -0.2) is 86.2 Å². The van der Waals surface area contributed by atoms with Crippen molar-refractivity contribution in [3.63, 3.8) is 0 Å². The SMILES string of the molecule is O=C(CCN1CCN(C/C=C/c2ccccc2)CC1)N1CCOCC1. The highest BCUT2D eigenvalue weighted by Gasteiger charge is 2.20. The maximum absolute atomic E-state index is 12.2. The van der Waals surface area contributed by atoms with Crippen LogP contribution in [-0.2, 0) is 9.53 Å². The minimum atomic E-state index is 0.275. The number of morpholine rings is 1. The molecule has 0 unspecified atom stereocenters. The highest BCUT2D eigenvalue weighted by molar-refractivity contribution is 5.76. The van der Waals surface area contributed by atoms with Gasteiger partial charge in [-0.15, -0.1) is 0 Å². The summed E-state index contributed by atoms with van der Waals surface area (Å²) in [6.07, 6.45) is 5.06. The van der Waals surface area contributed by atoms with Gasteiger partial charge < -0.3 is 14.5 Å². The Morgan fingerprint density at radius 1 is 0.960 bits per heavy atom. The average molecular weight is 343 g/mol. The largest absolute Gasteiger partial charge is 0.378 e. The standard InChI is InChI=1S/C20H29N3O2/c24-20(23-15-17-25-18-16-23)8-10-22-13-11-21(12-14-22)9-4-7-19-5-2-1-3-6-19/h1-7H,8-18H2/b7-4+. The van der Waals surface area contributed by atoms with Crippen LogP contribution in [0, 0.1) is 0 Å². The number of hydrogen-bond donors (Lipinski definition) is 0. The molecule has 0 aromatic heterocycles. The summed E-state index contributed by atoms with van der Waals surface area (Å²) in [4.78, 5) is 19.0. The van der Waals surface area contributed by atoms with Crippen LogP contribution < -0.4 is 0 Å². The van der Waals surface area contributed by atoms with Crippen molar-refractivity contribution in [1.82, 2.24) is 14.7 Å². The smallest absolute Gasteiger partial charge is 0.224 e. The predicted octanol–water partition coefficient (Wildman–Crippen LogP) is 1.57. The molecule has 0 saturated carbocycles. The summed E-state index contributed by atoms with van der Waals surface area (Å²) < 4.78 is 5.30. The Balaban J connectivity index is 1.32. The van der Waals surface area contributed by atoms with Crippen molar-refractivity contribution in [2.24, 2.45) is 0 Å². The molecule has 25 heavy (non-hydrogen) atoms. The Hall–Kier alpha value is -1.69. The number of ether oxygens (including phenoxy) is 1. The zero-order chi connectivity index (χ0) is 17.3. The van der Waals surface area contributed by atoms with E-state index >= 15 is 0 Å². The lowest BCUT2D eigenvalue weighted by molar-refractivity contribution is -0.135. The first kappa shape index (κ1) is 18.1. The fourth-order valence-electron chi connectivity index (χ4n) is 3.32. The molecule has 0 radical (unpaired) electrons. The molecule has 0 bridgehead atoms. The Morgan fingerprint density at radius 3 is 2.36 bits per heavy atom. The summed E-state index contributed by atoms with van der Waals surface area (Å²) in [6.45, 7) is 8.99. The molecule has 0 N–H and O–H groups in total. The predicted molar refractivity (Wildman–Crippen MR) is 100 cm³/mol. The maximum atomic E-state index is 12.2. The number of amides is 1. The van der Waals surface area contributed by atoms with Crippen molar-refractivity contribution in [2.75, 3.05) is 65.6 Å². The van der Waals surface area contributed by atoms with Crippen LogP contribution in [0.25, 0.3) is 6.08 Å². The van der Waals surface area contributed by atoms with Gasteiger partial charge in [-0.2, -0.15) is 0 Å². The van der Waals surface area contributed by atoms with Crippen LogP contribution >= 0.6 is 0 Å². The van der Waals surface area contributed by atoms with Crippen molar-refractivity contribution in [2.45, 2.75) is 6.42 Å². The number of carbonyl (C=O) groups excluding carboxylic acids is 1. The molecule has 2 heterocycles. The van der Waals surface area contributed by atoms with E-state index < -0.39 is 0 Å². The topological polar surface area (TPSA) is 36.0 Å². The highest BCUT2D eigenvalue weighted by Crippen LogP contribution is 2.06. The van der Waals surface area contributed by atoms with Gasteiger partial charge in [0.25, 0.3) is 0 Å². The quantitative estimate of drug-likeness (QED) is 0.786. The minimum absolute atomic E-state index is 0.275. The first-order valence-electron chi connectivity index (χ1n) is 9.33. The van der Waals surface area contributed by atoms with Crippen LogP contribution in [0.1, 0.15) is 12.0 Å². The summed E-state index contributed by atoms with van der Waals surface area (Å²) in [5.41, 5.74) is 1.25. The van der Waals surface area contributed by atoms with Crippen LogP contribution in [0.15, 0.2) is 36.4 Å². The van der Waals surface area contributed by atoms with Crippen molar-refractivity contribution >= 4 is 12.0 Å². The van der Waals surface area contributed by atoms with Gasteiger partial charge in [0, 0.05) is 58.8 Å². The molecule has 2 fully saturated rings. The van der Waals surface area contributed by atoms with E-state index in [-0.39, 0.29) is 5.91 Å². The van der Waals surface area contributed by atoms with Gasteiger partial charge in [0.2, 0.25) is 5.91 Å². The number of hydrogen-bond acceptors (Lipinski definition) is 4. The third kappa shape index (κ3) is 5.96. The first-order chi connectivity index (χ1) is 12.3. The molecule has 1 aromatic rings. The van der Waals surface area contributed by atoms with E-state index in [1.807, 2.05) is 11.0 Å². The summed E-state index contributed by atoms with van der Waals surface area (Å²) in [5.74, 6) is 0.275.